The maximum atomic E-state index is 6.42. The number of ether oxygens (including phenoxy) is 1. The van der Waals surface area contributed by atoms with Crippen molar-refractivity contribution in [2.45, 2.75) is 38.8 Å². The summed E-state index contributed by atoms with van der Waals surface area (Å²) in [5, 5.41) is 5.67. The normalized spacial score (nSPS) is 17.7. The van der Waals surface area contributed by atoms with E-state index in [0.29, 0.717) is 12.0 Å². The molecule has 0 saturated carbocycles. The topological polar surface area (TPSA) is 37.4 Å². The van der Waals surface area contributed by atoms with Crippen molar-refractivity contribution in [3.8, 4) is 0 Å². The molecule has 3 heterocycles. The maximum absolute atomic E-state index is 6.42. The molecule has 1 N–H and O–H groups in total. The van der Waals surface area contributed by atoms with Gasteiger partial charge in [-0.2, -0.15) is 0 Å². The molecule has 1 fully saturated rings. The molecule has 2 aromatic rings. The Kier molecular flexibility index (Phi) is 6.84. The van der Waals surface area contributed by atoms with Gasteiger partial charge < -0.3 is 10.1 Å². The van der Waals surface area contributed by atoms with Gasteiger partial charge in [0.2, 0.25) is 0 Å². The van der Waals surface area contributed by atoms with Gasteiger partial charge in [-0.05, 0) is 55.4 Å². The van der Waals surface area contributed by atoms with Gasteiger partial charge in [0.1, 0.15) is 11.9 Å². The summed E-state index contributed by atoms with van der Waals surface area (Å²) in [4.78, 5) is 8.31. The van der Waals surface area contributed by atoms with Gasteiger partial charge in [0.05, 0.1) is 6.04 Å². The van der Waals surface area contributed by atoms with E-state index in [2.05, 4.69) is 46.6 Å². The fourth-order valence-corrected chi connectivity index (χ4v) is 4.14. The number of nitrogens with one attached hydrogen (secondary N) is 1. The second-order valence-corrected chi connectivity index (χ2v) is 8.05. The van der Waals surface area contributed by atoms with Crippen LogP contribution in [0.2, 0.25) is 0 Å². The van der Waals surface area contributed by atoms with Crippen molar-refractivity contribution in [1.29, 1.82) is 0 Å². The van der Waals surface area contributed by atoms with Crippen LogP contribution in [0, 0.1) is 5.92 Å². The van der Waals surface area contributed by atoms with E-state index in [-0.39, 0.29) is 6.10 Å². The molecule has 136 valence electrons. The summed E-state index contributed by atoms with van der Waals surface area (Å²) in [6.07, 6.45) is 4.50. The average Bonchev–Trinajstić information content (AvgIpc) is 3.32. The van der Waals surface area contributed by atoms with Crippen molar-refractivity contribution in [1.82, 2.24) is 9.88 Å². The standard InChI is InChI=1S/C20H29N3OS/c1-16(2)15-24-20(18-8-7-13-25-18)17(23-11-5-6-12-23)14-22-19-9-3-4-10-21-19/h3-4,7-10,13,16-17,20H,5-6,11-12,14-15H2,1-2H3,(H,21,22). The number of nitrogens with zero attached hydrogens (tertiary/aromatic N) is 2. The summed E-state index contributed by atoms with van der Waals surface area (Å²) >= 11 is 1.80. The third kappa shape index (κ3) is 5.27. The Labute approximate surface area is 155 Å². The van der Waals surface area contributed by atoms with Crippen molar-refractivity contribution in [2.24, 2.45) is 5.92 Å². The van der Waals surface area contributed by atoms with Gasteiger partial charge in [-0.1, -0.05) is 26.0 Å². The largest absolute Gasteiger partial charge is 0.371 e. The first-order chi connectivity index (χ1) is 12.2. The number of thiophene rings is 1. The van der Waals surface area contributed by atoms with Gasteiger partial charge in [0.15, 0.2) is 0 Å². The SMILES string of the molecule is CC(C)COC(c1cccs1)C(CNc1ccccn1)N1CCCC1. The lowest BCUT2D eigenvalue weighted by Crippen LogP contribution is -2.43. The van der Waals surface area contributed by atoms with Gasteiger partial charge in [-0.3, -0.25) is 4.90 Å². The molecule has 2 aromatic heterocycles. The van der Waals surface area contributed by atoms with Crippen LogP contribution in [-0.2, 0) is 4.74 Å². The van der Waals surface area contributed by atoms with Crippen LogP contribution >= 0.6 is 11.3 Å². The number of hydrogen-bond acceptors (Lipinski definition) is 5. The Morgan fingerprint density at radius 1 is 1.20 bits per heavy atom. The molecule has 0 radical (unpaired) electrons. The molecule has 0 spiro atoms. The minimum Gasteiger partial charge on any atom is -0.371 e. The molecular weight excluding hydrogens is 330 g/mol. The van der Waals surface area contributed by atoms with Crippen LogP contribution < -0.4 is 5.32 Å². The predicted molar refractivity (Wildman–Crippen MR) is 105 cm³/mol. The molecule has 0 bridgehead atoms. The number of hydrogen-bond donors (Lipinski definition) is 1. The molecule has 5 heteroatoms. The molecular formula is C20H29N3OS. The van der Waals surface area contributed by atoms with Crippen LogP contribution in [-0.4, -0.2) is 42.2 Å². The number of aromatic nitrogens is 1. The Hall–Kier alpha value is -1.43. The zero-order chi connectivity index (χ0) is 17.5. The Balaban J connectivity index is 1.76. The van der Waals surface area contributed by atoms with Crippen molar-refractivity contribution >= 4 is 17.2 Å². The van der Waals surface area contributed by atoms with Crippen LogP contribution in [0.15, 0.2) is 41.9 Å². The first-order valence-corrected chi connectivity index (χ1v) is 10.2. The van der Waals surface area contributed by atoms with Gasteiger partial charge in [0.25, 0.3) is 0 Å². The summed E-state index contributed by atoms with van der Waals surface area (Å²) in [6, 6.07) is 10.6. The molecule has 1 aliphatic heterocycles. The van der Waals surface area contributed by atoms with E-state index in [1.165, 1.54) is 17.7 Å². The van der Waals surface area contributed by atoms with E-state index in [0.717, 1.165) is 32.1 Å². The quantitative estimate of drug-likeness (QED) is 0.718. The molecule has 0 amide bonds. The number of likely N-dealkylation sites (tertiary alicyclic amines) is 1. The number of rotatable bonds is 9. The molecule has 0 aromatic carbocycles. The first kappa shape index (κ1) is 18.4. The summed E-state index contributed by atoms with van der Waals surface area (Å²) in [6.45, 7) is 8.36. The molecule has 4 nitrogen and oxygen atoms in total. The Bertz CT molecular complexity index is 597. The lowest BCUT2D eigenvalue weighted by molar-refractivity contribution is -0.0156. The Morgan fingerprint density at radius 3 is 2.68 bits per heavy atom. The minimum absolute atomic E-state index is 0.108. The van der Waals surface area contributed by atoms with Crippen molar-refractivity contribution in [3.05, 3.63) is 46.8 Å². The third-order valence-electron chi connectivity index (χ3n) is 4.55. The summed E-state index contributed by atoms with van der Waals surface area (Å²) < 4.78 is 6.42. The lowest BCUT2D eigenvalue weighted by Gasteiger charge is -2.34. The average molecular weight is 360 g/mol. The molecule has 1 saturated heterocycles. The monoisotopic (exact) mass is 359 g/mol. The molecule has 25 heavy (non-hydrogen) atoms. The fourth-order valence-electron chi connectivity index (χ4n) is 3.31. The summed E-state index contributed by atoms with van der Waals surface area (Å²) in [5.41, 5.74) is 0. The highest BCUT2D eigenvalue weighted by Crippen LogP contribution is 2.31. The van der Waals surface area contributed by atoms with E-state index in [9.17, 15) is 0 Å². The van der Waals surface area contributed by atoms with Crippen LogP contribution in [0.5, 0.6) is 0 Å². The maximum Gasteiger partial charge on any atom is 0.125 e. The third-order valence-corrected chi connectivity index (χ3v) is 5.48. The highest BCUT2D eigenvalue weighted by molar-refractivity contribution is 7.10. The fraction of sp³-hybridized carbons (Fsp3) is 0.550. The lowest BCUT2D eigenvalue weighted by atomic mass is 10.1. The smallest absolute Gasteiger partial charge is 0.125 e. The molecule has 0 aliphatic carbocycles. The molecule has 2 unspecified atom stereocenters. The van der Waals surface area contributed by atoms with E-state index < -0.39 is 0 Å². The van der Waals surface area contributed by atoms with Gasteiger partial charge in [-0.25, -0.2) is 4.98 Å². The van der Waals surface area contributed by atoms with E-state index in [4.69, 9.17) is 4.74 Å². The van der Waals surface area contributed by atoms with Crippen LogP contribution in [0.1, 0.15) is 37.7 Å². The van der Waals surface area contributed by atoms with E-state index in [1.54, 1.807) is 11.3 Å². The first-order valence-electron chi connectivity index (χ1n) is 9.28. The summed E-state index contributed by atoms with van der Waals surface area (Å²) in [5.74, 6) is 1.46. The van der Waals surface area contributed by atoms with Crippen LogP contribution in [0.25, 0.3) is 0 Å². The van der Waals surface area contributed by atoms with Gasteiger partial charge >= 0.3 is 0 Å². The van der Waals surface area contributed by atoms with Crippen molar-refractivity contribution < 1.29 is 4.74 Å². The highest BCUT2D eigenvalue weighted by Gasteiger charge is 2.32. The predicted octanol–water partition coefficient (Wildman–Crippen LogP) is 4.43. The van der Waals surface area contributed by atoms with E-state index in [1.807, 2.05) is 24.4 Å². The summed E-state index contributed by atoms with van der Waals surface area (Å²) in [7, 11) is 0. The van der Waals surface area contributed by atoms with E-state index >= 15 is 0 Å². The molecule has 1 aliphatic rings. The number of anilines is 1. The van der Waals surface area contributed by atoms with Crippen molar-refractivity contribution in [2.75, 3.05) is 31.6 Å². The van der Waals surface area contributed by atoms with Gasteiger partial charge in [0, 0.05) is 24.2 Å². The second kappa shape index (κ2) is 9.32. The second-order valence-electron chi connectivity index (χ2n) is 7.07. The van der Waals surface area contributed by atoms with Crippen molar-refractivity contribution in [3.63, 3.8) is 0 Å². The minimum atomic E-state index is 0.108. The van der Waals surface area contributed by atoms with Crippen LogP contribution in [0.3, 0.4) is 0 Å². The van der Waals surface area contributed by atoms with Crippen LogP contribution in [0.4, 0.5) is 5.82 Å². The van der Waals surface area contributed by atoms with Gasteiger partial charge in [-0.15, -0.1) is 11.3 Å². The number of pyridine rings is 1. The Morgan fingerprint density at radius 2 is 2.04 bits per heavy atom. The zero-order valence-electron chi connectivity index (χ0n) is 15.2. The molecule has 2 atom stereocenters. The highest BCUT2D eigenvalue weighted by atomic mass is 32.1. The molecule has 3 rings (SSSR count). The zero-order valence-corrected chi connectivity index (χ0v) is 16.0.